The van der Waals surface area contributed by atoms with Gasteiger partial charge in [0.25, 0.3) is 5.91 Å². The molecule has 0 fully saturated rings. The molecule has 0 aliphatic rings. The molecule has 0 spiro atoms. The van der Waals surface area contributed by atoms with Gasteiger partial charge in [-0.3, -0.25) is 4.79 Å². The van der Waals surface area contributed by atoms with Crippen molar-refractivity contribution in [3.05, 3.63) is 64.7 Å². The van der Waals surface area contributed by atoms with Crippen LogP contribution in [0.2, 0.25) is 5.02 Å². The number of halogens is 1. The van der Waals surface area contributed by atoms with E-state index in [-0.39, 0.29) is 17.3 Å². The molecule has 7 heteroatoms. The van der Waals surface area contributed by atoms with Crippen LogP contribution >= 0.6 is 11.6 Å². The molecule has 2 aromatic rings. The Morgan fingerprint density at radius 1 is 1.12 bits per heavy atom. The van der Waals surface area contributed by atoms with Crippen LogP contribution in [0.5, 0.6) is 0 Å². The van der Waals surface area contributed by atoms with Crippen LogP contribution in [-0.2, 0) is 16.6 Å². The van der Waals surface area contributed by atoms with E-state index in [0.29, 0.717) is 17.1 Å². The standard InChI is InChI=1S/C18H21ClN2O3S/c1-2-3-11-20-18(22)15-5-4-6-17(12-15)25(23,24)21-13-14-7-9-16(19)10-8-14/h4-10,12,21H,2-3,11,13H2,1H3,(H,20,22). The molecule has 0 aliphatic heterocycles. The summed E-state index contributed by atoms with van der Waals surface area (Å²) in [6, 6.07) is 12.9. The maximum Gasteiger partial charge on any atom is 0.251 e. The average molecular weight is 381 g/mol. The quantitative estimate of drug-likeness (QED) is 0.689. The van der Waals surface area contributed by atoms with E-state index in [0.717, 1.165) is 18.4 Å². The Bertz CT molecular complexity index is 820. The Balaban J connectivity index is 2.07. The van der Waals surface area contributed by atoms with E-state index in [4.69, 9.17) is 11.6 Å². The molecule has 2 aromatic carbocycles. The second kappa shape index (κ2) is 8.99. The van der Waals surface area contributed by atoms with Crippen molar-refractivity contribution in [2.45, 2.75) is 31.2 Å². The Hall–Kier alpha value is -1.89. The number of sulfonamides is 1. The molecule has 0 heterocycles. The summed E-state index contributed by atoms with van der Waals surface area (Å²) in [5.41, 5.74) is 1.12. The fraction of sp³-hybridized carbons (Fsp3) is 0.278. The summed E-state index contributed by atoms with van der Waals surface area (Å²) in [6.45, 7) is 2.75. The van der Waals surface area contributed by atoms with Gasteiger partial charge < -0.3 is 5.32 Å². The van der Waals surface area contributed by atoms with Crippen LogP contribution in [-0.4, -0.2) is 20.9 Å². The molecule has 5 nitrogen and oxygen atoms in total. The first kappa shape index (κ1) is 19.4. The number of carbonyl (C=O) groups is 1. The van der Waals surface area contributed by atoms with Crippen molar-refractivity contribution in [2.24, 2.45) is 0 Å². The second-order valence-corrected chi connectivity index (χ2v) is 7.79. The zero-order valence-electron chi connectivity index (χ0n) is 14.0. The van der Waals surface area contributed by atoms with E-state index in [2.05, 4.69) is 10.0 Å². The van der Waals surface area contributed by atoms with E-state index < -0.39 is 10.0 Å². The molecule has 0 unspecified atom stereocenters. The molecule has 0 radical (unpaired) electrons. The van der Waals surface area contributed by atoms with Gasteiger partial charge >= 0.3 is 0 Å². The van der Waals surface area contributed by atoms with Gasteiger partial charge in [0, 0.05) is 23.7 Å². The summed E-state index contributed by atoms with van der Waals surface area (Å²) in [5.74, 6) is -0.275. The lowest BCUT2D eigenvalue weighted by Gasteiger charge is -2.09. The summed E-state index contributed by atoms with van der Waals surface area (Å²) in [4.78, 5) is 12.1. The lowest BCUT2D eigenvalue weighted by atomic mass is 10.2. The predicted molar refractivity (Wildman–Crippen MR) is 99.2 cm³/mol. The van der Waals surface area contributed by atoms with Crippen molar-refractivity contribution in [2.75, 3.05) is 6.54 Å². The number of amides is 1. The van der Waals surface area contributed by atoms with E-state index in [1.54, 1.807) is 36.4 Å². The molecule has 2 rings (SSSR count). The van der Waals surface area contributed by atoms with Crippen molar-refractivity contribution < 1.29 is 13.2 Å². The molecule has 2 N–H and O–H groups in total. The molecule has 0 saturated carbocycles. The lowest BCUT2D eigenvalue weighted by Crippen LogP contribution is -2.26. The van der Waals surface area contributed by atoms with Gasteiger partial charge in [-0.15, -0.1) is 0 Å². The van der Waals surface area contributed by atoms with E-state index in [9.17, 15) is 13.2 Å². The van der Waals surface area contributed by atoms with Crippen molar-refractivity contribution in [3.8, 4) is 0 Å². The average Bonchev–Trinajstić information content (AvgIpc) is 2.61. The van der Waals surface area contributed by atoms with Crippen LogP contribution in [0, 0.1) is 0 Å². The van der Waals surface area contributed by atoms with Crippen LogP contribution in [0.15, 0.2) is 53.4 Å². The Morgan fingerprint density at radius 3 is 2.52 bits per heavy atom. The third-order valence-electron chi connectivity index (χ3n) is 3.60. The summed E-state index contributed by atoms with van der Waals surface area (Å²) in [7, 11) is -3.71. The van der Waals surface area contributed by atoms with Crippen molar-refractivity contribution in [1.29, 1.82) is 0 Å². The number of unbranched alkanes of at least 4 members (excludes halogenated alkanes) is 1. The highest BCUT2D eigenvalue weighted by atomic mass is 35.5. The van der Waals surface area contributed by atoms with Gasteiger partial charge in [-0.25, -0.2) is 13.1 Å². The fourth-order valence-corrected chi connectivity index (χ4v) is 3.34. The van der Waals surface area contributed by atoms with Crippen LogP contribution < -0.4 is 10.0 Å². The maximum atomic E-state index is 12.4. The molecule has 0 saturated heterocycles. The van der Waals surface area contributed by atoms with Crippen LogP contribution in [0.25, 0.3) is 0 Å². The van der Waals surface area contributed by atoms with Gasteiger partial charge in [0.2, 0.25) is 10.0 Å². The van der Waals surface area contributed by atoms with Crippen molar-refractivity contribution >= 4 is 27.5 Å². The Kier molecular flexibility index (Phi) is 6.99. The third kappa shape index (κ3) is 5.85. The largest absolute Gasteiger partial charge is 0.352 e. The maximum absolute atomic E-state index is 12.4. The fourth-order valence-electron chi connectivity index (χ4n) is 2.15. The normalized spacial score (nSPS) is 11.3. The summed E-state index contributed by atoms with van der Waals surface area (Å²) in [6.07, 6.45) is 1.86. The minimum atomic E-state index is -3.71. The highest BCUT2D eigenvalue weighted by molar-refractivity contribution is 7.89. The van der Waals surface area contributed by atoms with E-state index >= 15 is 0 Å². The van der Waals surface area contributed by atoms with Gasteiger partial charge in [-0.05, 0) is 42.3 Å². The molecule has 0 atom stereocenters. The molecule has 1 amide bonds. The first-order chi connectivity index (χ1) is 11.9. The third-order valence-corrected chi connectivity index (χ3v) is 5.25. The molecular weight excluding hydrogens is 360 g/mol. The SMILES string of the molecule is CCCCNC(=O)c1cccc(S(=O)(=O)NCc2ccc(Cl)cc2)c1. The van der Waals surface area contributed by atoms with Gasteiger partial charge in [-0.2, -0.15) is 0 Å². The second-order valence-electron chi connectivity index (χ2n) is 5.59. The number of nitrogens with one attached hydrogen (secondary N) is 2. The van der Waals surface area contributed by atoms with Gasteiger partial charge in [0.1, 0.15) is 0 Å². The number of rotatable bonds is 8. The highest BCUT2D eigenvalue weighted by Crippen LogP contribution is 2.14. The van der Waals surface area contributed by atoms with Crippen molar-refractivity contribution in [1.82, 2.24) is 10.0 Å². The van der Waals surface area contributed by atoms with Crippen molar-refractivity contribution in [3.63, 3.8) is 0 Å². The molecule has 25 heavy (non-hydrogen) atoms. The first-order valence-corrected chi connectivity index (χ1v) is 9.91. The summed E-state index contributed by atoms with van der Waals surface area (Å²) >= 11 is 5.81. The molecule has 134 valence electrons. The molecule has 0 aliphatic carbocycles. The monoisotopic (exact) mass is 380 g/mol. The zero-order valence-corrected chi connectivity index (χ0v) is 15.5. The molecule has 0 aromatic heterocycles. The van der Waals surface area contributed by atoms with Gasteiger partial charge in [-0.1, -0.05) is 43.1 Å². The summed E-state index contributed by atoms with van der Waals surface area (Å²) in [5, 5.41) is 3.37. The van der Waals surface area contributed by atoms with Gasteiger partial charge in [0.15, 0.2) is 0 Å². The topological polar surface area (TPSA) is 75.3 Å². The highest BCUT2D eigenvalue weighted by Gasteiger charge is 2.16. The molecule has 0 bridgehead atoms. The van der Waals surface area contributed by atoms with E-state index in [1.165, 1.54) is 12.1 Å². The van der Waals surface area contributed by atoms with Crippen LogP contribution in [0.1, 0.15) is 35.7 Å². The minimum absolute atomic E-state index is 0.0598. The minimum Gasteiger partial charge on any atom is -0.352 e. The zero-order chi connectivity index (χ0) is 18.3. The van der Waals surface area contributed by atoms with Crippen LogP contribution in [0.4, 0.5) is 0 Å². The predicted octanol–water partition coefficient (Wildman–Crippen LogP) is 3.35. The van der Waals surface area contributed by atoms with Gasteiger partial charge in [0.05, 0.1) is 4.90 Å². The Morgan fingerprint density at radius 2 is 1.84 bits per heavy atom. The summed E-state index contributed by atoms with van der Waals surface area (Å²) < 4.78 is 27.4. The number of benzene rings is 2. The number of hydrogen-bond donors (Lipinski definition) is 2. The number of carbonyl (C=O) groups excluding carboxylic acids is 1. The lowest BCUT2D eigenvalue weighted by molar-refractivity contribution is 0.0953. The van der Waals surface area contributed by atoms with E-state index in [1.807, 2.05) is 6.92 Å². The number of hydrogen-bond acceptors (Lipinski definition) is 3. The molecular formula is C18H21ClN2O3S. The Labute approximate surface area is 153 Å². The first-order valence-electron chi connectivity index (χ1n) is 8.05. The smallest absolute Gasteiger partial charge is 0.251 e. The van der Waals surface area contributed by atoms with Crippen LogP contribution in [0.3, 0.4) is 0 Å².